The Morgan fingerprint density at radius 1 is 0.786 bits per heavy atom. The summed E-state index contributed by atoms with van der Waals surface area (Å²) in [6.45, 7) is -1.38. The molecule has 19 nitrogen and oxygen atoms in total. The molecule has 3 aromatic carbocycles. The zero-order valence-electron chi connectivity index (χ0n) is 29.3. The number of hydrogen-bond acceptors (Lipinski definition) is 19. The van der Waals surface area contributed by atoms with E-state index in [-0.39, 0.29) is 34.3 Å². The lowest BCUT2D eigenvalue weighted by atomic mass is 9.92. The first kappa shape index (κ1) is 40.6. The Labute approximate surface area is 317 Å². The molecule has 3 heterocycles. The summed E-state index contributed by atoms with van der Waals surface area (Å²) >= 11 is 0. The molecule has 0 radical (unpaired) electrons. The minimum absolute atomic E-state index is 0.0242. The molecule has 2 fully saturated rings. The summed E-state index contributed by atoms with van der Waals surface area (Å²) in [5, 5.41) is 103. The Bertz CT molecular complexity index is 1900. The summed E-state index contributed by atoms with van der Waals surface area (Å²) in [6, 6.07) is 11.9. The van der Waals surface area contributed by atoms with Gasteiger partial charge in [-0.05, 0) is 41.5 Å². The monoisotopic (exact) mass is 788 g/mol. The van der Waals surface area contributed by atoms with E-state index < -0.39 is 110 Å². The van der Waals surface area contributed by atoms with Crippen LogP contribution >= 0.6 is 0 Å². The van der Waals surface area contributed by atoms with Gasteiger partial charge in [-0.15, -0.1) is 0 Å². The van der Waals surface area contributed by atoms with Gasteiger partial charge in [0, 0.05) is 18.2 Å². The molecule has 6 rings (SSSR count). The van der Waals surface area contributed by atoms with Gasteiger partial charge in [-0.25, -0.2) is 4.79 Å². The minimum atomic E-state index is -1.97. The molecule has 3 aliphatic rings. The summed E-state index contributed by atoms with van der Waals surface area (Å²) in [5.74, 6) is -3.38. The fourth-order valence-electron chi connectivity index (χ4n) is 6.28. The van der Waals surface area contributed by atoms with E-state index in [4.69, 9.17) is 33.2 Å². The Kier molecular flexibility index (Phi) is 12.3. The number of carbonyl (C=O) groups excluding carboxylic acids is 2. The molecule has 3 aromatic rings. The standard InChI is InChI=1S/C37H40O19/c1-50-21-10-16(5-8-19(21)40)34-35(29(45)26-20(41)11-18(12-22(26)53-34)52-36-32(48)30(46)27(43)23(13-38)54-36)56-37-33(49)31(47)28(44)24(55-37)14-51-25(42)9-4-15-2-6-17(39)7-3-15/h2-12,23-24,27-28,30-41,43-44,46-49H,13-14H2,1H3/b9-4+/t23-,24+,27-,28+,30+,31-,32-,33+,34-,35+,36-,37-/m0/s1. The first-order chi connectivity index (χ1) is 26.7. The number of phenols is 3. The van der Waals surface area contributed by atoms with E-state index in [0.29, 0.717) is 5.56 Å². The average molecular weight is 789 g/mol. The Balaban J connectivity index is 1.25. The predicted octanol–water partition coefficient (Wildman–Crippen LogP) is -1.24. The fourth-order valence-corrected chi connectivity index (χ4v) is 6.28. The van der Waals surface area contributed by atoms with Gasteiger partial charge in [0.2, 0.25) is 12.1 Å². The van der Waals surface area contributed by atoms with Crippen molar-refractivity contribution in [2.45, 2.75) is 73.6 Å². The highest BCUT2D eigenvalue weighted by molar-refractivity contribution is 6.06. The van der Waals surface area contributed by atoms with Crippen LogP contribution in [0.3, 0.4) is 0 Å². The van der Waals surface area contributed by atoms with E-state index in [0.717, 1.165) is 18.2 Å². The van der Waals surface area contributed by atoms with Crippen LogP contribution in [0.15, 0.2) is 60.7 Å². The van der Waals surface area contributed by atoms with Gasteiger partial charge in [-0.1, -0.05) is 18.2 Å². The van der Waals surface area contributed by atoms with Gasteiger partial charge in [0.05, 0.1) is 13.7 Å². The lowest BCUT2D eigenvalue weighted by molar-refractivity contribution is -0.312. The molecule has 12 atom stereocenters. The van der Waals surface area contributed by atoms with Gasteiger partial charge in [-0.2, -0.15) is 0 Å². The number of fused-ring (bicyclic) bond motifs is 1. The van der Waals surface area contributed by atoms with Crippen LogP contribution in [0.25, 0.3) is 6.08 Å². The molecule has 0 bridgehead atoms. The third-order valence-electron chi connectivity index (χ3n) is 9.37. The third-order valence-corrected chi connectivity index (χ3v) is 9.37. The SMILES string of the molecule is COc1cc([C@@H]2Oc3cc(O[C@H]4O[C@@H](CO)[C@H](O)[C@@H](O)[C@@H]4O)cc(O)c3C(=O)[C@H]2O[C@@H]2O[C@H](COC(=O)/C=C/c3ccc(O)cc3)[C@@H](O)[C@H](O)[C@H]2O)ccc1O. The van der Waals surface area contributed by atoms with Gasteiger partial charge in [0.1, 0.15) is 84.0 Å². The molecule has 0 aliphatic carbocycles. The molecule has 2 saturated heterocycles. The van der Waals surface area contributed by atoms with Crippen molar-refractivity contribution in [3.8, 4) is 34.5 Å². The highest BCUT2D eigenvalue weighted by atomic mass is 16.7. The van der Waals surface area contributed by atoms with Crippen LogP contribution in [0.1, 0.15) is 27.6 Å². The van der Waals surface area contributed by atoms with Gasteiger partial charge in [0.25, 0.3) is 0 Å². The molecule has 19 heteroatoms. The highest BCUT2D eigenvalue weighted by Gasteiger charge is 2.50. The predicted molar refractivity (Wildman–Crippen MR) is 185 cm³/mol. The second-order valence-corrected chi connectivity index (χ2v) is 13.1. The summed E-state index contributed by atoms with van der Waals surface area (Å²) in [6.07, 6.45) is -18.1. The number of ketones is 1. The maximum Gasteiger partial charge on any atom is 0.330 e. The number of aliphatic hydroxyl groups is 7. The topological polar surface area (TPSA) is 301 Å². The van der Waals surface area contributed by atoms with E-state index >= 15 is 0 Å². The number of aromatic hydroxyl groups is 3. The van der Waals surface area contributed by atoms with E-state index in [1.54, 1.807) is 12.1 Å². The first-order valence-electron chi connectivity index (χ1n) is 17.1. The van der Waals surface area contributed by atoms with Gasteiger partial charge >= 0.3 is 5.97 Å². The smallest absolute Gasteiger partial charge is 0.330 e. The van der Waals surface area contributed by atoms with Gasteiger partial charge in [-0.3, -0.25) is 4.79 Å². The van der Waals surface area contributed by atoms with Crippen molar-refractivity contribution in [1.29, 1.82) is 0 Å². The number of Topliss-reactive ketones (excluding diaryl/α,β-unsaturated/α-hetero) is 1. The first-order valence-corrected chi connectivity index (χ1v) is 17.1. The van der Waals surface area contributed by atoms with E-state index in [1.165, 1.54) is 43.5 Å². The number of hydrogen-bond donors (Lipinski definition) is 10. The number of rotatable bonds is 11. The molecule has 0 saturated carbocycles. The largest absolute Gasteiger partial charge is 0.508 e. The molecule has 302 valence electrons. The Morgan fingerprint density at radius 2 is 1.45 bits per heavy atom. The number of phenolic OH excluding ortho intramolecular Hbond substituents is 3. The number of methoxy groups -OCH3 is 1. The lowest BCUT2D eigenvalue weighted by Crippen LogP contribution is -2.60. The minimum Gasteiger partial charge on any atom is -0.508 e. The molecule has 0 aromatic heterocycles. The van der Waals surface area contributed by atoms with Crippen molar-refractivity contribution in [2.75, 3.05) is 20.3 Å². The van der Waals surface area contributed by atoms with Gasteiger partial charge < -0.3 is 84.2 Å². The molecule has 0 spiro atoms. The number of esters is 1. The van der Waals surface area contributed by atoms with Crippen LogP contribution in [0, 0.1) is 0 Å². The van der Waals surface area contributed by atoms with Crippen molar-refractivity contribution >= 4 is 17.8 Å². The Morgan fingerprint density at radius 3 is 2.12 bits per heavy atom. The molecular formula is C37H40O19. The molecule has 0 amide bonds. The zero-order chi connectivity index (χ0) is 40.4. The van der Waals surface area contributed by atoms with Crippen LogP contribution < -0.4 is 14.2 Å². The molecule has 56 heavy (non-hydrogen) atoms. The van der Waals surface area contributed by atoms with Crippen molar-refractivity contribution in [1.82, 2.24) is 0 Å². The number of benzene rings is 3. The second kappa shape index (κ2) is 17.0. The zero-order valence-corrected chi connectivity index (χ0v) is 29.3. The maximum atomic E-state index is 14.2. The number of carbonyl (C=O) groups is 2. The molecular weight excluding hydrogens is 748 g/mol. The molecule has 0 unspecified atom stereocenters. The van der Waals surface area contributed by atoms with E-state index in [2.05, 4.69) is 0 Å². The van der Waals surface area contributed by atoms with Crippen molar-refractivity contribution < 1.29 is 93.8 Å². The molecule has 10 N–H and O–H groups in total. The van der Waals surface area contributed by atoms with Crippen molar-refractivity contribution in [3.05, 3.63) is 77.4 Å². The summed E-state index contributed by atoms with van der Waals surface area (Å²) in [4.78, 5) is 26.6. The number of aliphatic hydroxyl groups excluding tert-OH is 7. The summed E-state index contributed by atoms with van der Waals surface area (Å²) in [5.41, 5.74) is 0.265. The molecule has 3 aliphatic heterocycles. The summed E-state index contributed by atoms with van der Waals surface area (Å²) < 4.78 is 39.2. The Hall–Kier alpha value is -5.06. The van der Waals surface area contributed by atoms with Crippen LogP contribution in [-0.2, 0) is 23.7 Å². The maximum absolute atomic E-state index is 14.2. The number of ether oxygens (including phenoxy) is 7. The normalized spacial score (nSPS) is 31.7. The van der Waals surface area contributed by atoms with Crippen LogP contribution in [0.2, 0.25) is 0 Å². The van der Waals surface area contributed by atoms with Crippen LogP contribution in [-0.4, -0.2) is 151 Å². The second-order valence-electron chi connectivity index (χ2n) is 13.1. The summed E-state index contributed by atoms with van der Waals surface area (Å²) in [7, 11) is 1.27. The highest BCUT2D eigenvalue weighted by Crippen LogP contribution is 2.45. The lowest BCUT2D eigenvalue weighted by Gasteiger charge is -2.42. The van der Waals surface area contributed by atoms with Gasteiger partial charge in [0.15, 0.2) is 30.0 Å². The van der Waals surface area contributed by atoms with Crippen molar-refractivity contribution in [3.63, 3.8) is 0 Å². The van der Waals surface area contributed by atoms with E-state index in [9.17, 15) is 60.7 Å². The van der Waals surface area contributed by atoms with E-state index in [1.807, 2.05) is 0 Å². The third kappa shape index (κ3) is 8.37. The quantitative estimate of drug-likeness (QED) is 0.0802. The average Bonchev–Trinajstić information content (AvgIpc) is 3.18. The van der Waals surface area contributed by atoms with Crippen LogP contribution in [0.5, 0.6) is 34.5 Å². The van der Waals surface area contributed by atoms with Crippen molar-refractivity contribution in [2.24, 2.45) is 0 Å². The van der Waals surface area contributed by atoms with Crippen LogP contribution in [0.4, 0.5) is 0 Å². The fraction of sp³-hybridized carbons (Fsp3) is 0.405.